The SMILES string of the molecule is CCOC1CC(NC(=O)c2cc(S)ccc2F)C1. The lowest BCUT2D eigenvalue weighted by Gasteiger charge is -2.35. The van der Waals surface area contributed by atoms with E-state index >= 15 is 0 Å². The first-order valence-electron chi connectivity index (χ1n) is 6.01. The molecule has 1 saturated carbocycles. The van der Waals surface area contributed by atoms with Crippen molar-refractivity contribution in [3.8, 4) is 0 Å². The van der Waals surface area contributed by atoms with Gasteiger partial charge < -0.3 is 10.1 Å². The van der Waals surface area contributed by atoms with Gasteiger partial charge in [-0.25, -0.2) is 4.39 Å². The molecule has 1 aromatic rings. The van der Waals surface area contributed by atoms with Crippen LogP contribution in [0.4, 0.5) is 4.39 Å². The summed E-state index contributed by atoms with van der Waals surface area (Å²) in [5, 5.41) is 2.80. The predicted molar refractivity (Wildman–Crippen MR) is 69.6 cm³/mol. The van der Waals surface area contributed by atoms with Gasteiger partial charge in [-0.05, 0) is 38.0 Å². The fourth-order valence-corrected chi connectivity index (χ4v) is 2.21. The van der Waals surface area contributed by atoms with Crippen LogP contribution in [-0.2, 0) is 4.74 Å². The highest BCUT2D eigenvalue weighted by Gasteiger charge is 2.31. The van der Waals surface area contributed by atoms with Crippen LogP contribution in [0.2, 0.25) is 0 Å². The Morgan fingerprint density at radius 1 is 1.56 bits per heavy atom. The van der Waals surface area contributed by atoms with Crippen molar-refractivity contribution >= 4 is 18.5 Å². The highest BCUT2D eigenvalue weighted by molar-refractivity contribution is 7.80. The van der Waals surface area contributed by atoms with Crippen LogP contribution >= 0.6 is 12.6 Å². The van der Waals surface area contributed by atoms with E-state index in [9.17, 15) is 9.18 Å². The fraction of sp³-hybridized carbons (Fsp3) is 0.462. The molecule has 18 heavy (non-hydrogen) atoms. The normalized spacial score (nSPS) is 22.4. The number of carbonyl (C=O) groups is 1. The molecule has 1 amide bonds. The predicted octanol–water partition coefficient (Wildman–Crippen LogP) is 2.41. The van der Waals surface area contributed by atoms with Crippen molar-refractivity contribution in [2.75, 3.05) is 6.61 Å². The number of amides is 1. The van der Waals surface area contributed by atoms with E-state index in [1.807, 2.05) is 6.92 Å². The van der Waals surface area contributed by atoms with Crippen LogP contribution in [-0.4, -0.2) is 24.7 Å². The number of benzene rings is 1. The summed E-state index contributed by atoms with van der Waals surface area (Å²) in [6.45, 7) is 2.63. The molecule has 3 nitrogen and oxygen atoms in total. The highest BCUT2D eigenvalue weighted by atomic mass is 32.1. The zero-order chi connectivity index (χ0) is 13.1. The van der Waals surface area contributed by atoms with Crippen molar-refractivity contribution in [2.45, 2.75) is 36.8 Å². The molecule has 0 unspecified atom stereocenters. The number of nitrogens with one attached hydrogen (secondary N) is 1. The van der Waals surface area contributed by atoms with Gasteiger partial charge in [0.25, 0.3) is 5.91 Å². The van der Waals surface area contributed by atoms with Crippen molar-refractivity contribution in [2.24, 2.45) is 0 Å². The van der Waals surface area contributed by atoms with Crippen LogP contribution in [0, 0.1) is 5.82 Å². The smallest absolute Gasteiger partial charge is 0.254 e. The molecular weight excluding hydrogens is 253 g/mol. The molecule has 0 bridgehead atoms. The molecule has 2 rings (SSSR count). The molecule has 0 aliphatic heterocycles. The van der Waals surface area contributed by atoms with Gasteiger partial charge in [-0.3, -0.25) is 4.79 Å². The number of hydrogen-bond donors (Lipinski definition) is 2. The fourth-order valence-electron chi connectivity index (χ4n) is 2.01. The van der Waals surface area contributed by atoms with Gasteiger partial charge in [0.15, 0.2) is 0 Å². The molecule has 1 N–H and O–H groups in total. The third kappa shape index (κ3) is 3.03. The molecule has 0 radical (unpaired) electrons. The van der Waals surface area contributed by atoms with Gasteiger partial charge >= 0.3 is 0 Å². The summed E-state index contributed by atoms with van der Waals surface area (Å²) >= 11 is 4.10. The average molecular weight is 269 g/mol. The minimum Gasteiger partial charge on any atom is -0.378 e. The van der Waals surface area contributed by atoms with E-state index in [-0.39, 0.29) is 23.6 Å². The van der Waals surface area contributed by atoms with Crippen LogP contribution in [0.25, 0.3) is 0 Å². The Balaban J connectivity index is 1.91. The standard InChI is InChI=1S/C13H16FNO2S/c1-2-17-9-5-8(6-9)15-13(16)11-7-10(18)3-4-12(11)14/h3-4,7-9,18H,2,5-6H2,1H3,(H,15,16). The topological polar surface area (TPSA) is 38.3 Å². The summed E-state index contributed by atoms with van der Waals surface area (Å²) in [5.74, 6) is -0.908. The van der Waals surface area contributed by atoms with E-state index < -0.39 is 5.82 Å². The number of carbonyl (C=O) groups excluding carboxylic acids is 1. The van der Waals surface area contributed by atoms with E-state index in [0.29, 0.717) is 11.5 Å². The monoisotopic (exact) mass is 269 g/mol. The molecule has 98 valence electrons. The van der Waals surface area contributed by atoms with Crippen molar-refractivity contribution in [1.82, 2.24) is 5.32 Å². The second-order valence-corrected chi connectivity index (χ2v) is 4.90. The van der Waals surface area contributed by atoms with Gasteiger partial charge in [0, 0.05) is 17.5 Å². The van der Waals surface area contributed by atoms with Gasteiger partial charge in [0.05, 0.1) is 11.7 Å². The van der Waals surface area contributed by atoms with Crippen LogP contribution in [0.15, 0.2) is 23.1 Å². The molecule has 1 aliphatic carbocycles. The van der Waals surface area contributed by atoms with Gasteiger partial charge in [0.1, 0.15) is 5.82 Å². The summed E-state index contributed by atoms with van der Waals surface area (Å²) < 4.78 is 18.9. The summed E-state index contributed by atoms with van der Waals surface area (Å²) in [6.07, 6.45) is 1.81. The molecule has 0 heterocycles. The van der Waals surface area contributed by atoms with Gasteiger partial charge in [-0.2, -0.15) is 0 Å². The lowest BCUT2D eigenvalue weighted by Crippen LogP contribution is -2.48. The molecule has 0 saturated heterocycles. The average Bonchev–Trinajstić information content (AvgIpc) is 2.29. The van der Waals surface area contributed by atoms with Crippen LogP contribution in [0.3, 0.4) is 0 Å². The molecule has 1 fully saturated rings. The maximum absolute atomic E-state index is 13.5. The third-order valence-electron chi connectivity index (χ3n) is 3.03. The van der Waals surface area contributed by atoms with Gasteiger partial charge in [0.2, 0.25) is 0 Å². The van der Waals surface area contributed by atoms with Crippen molar-refractivity contribution in [3.63, 3.8) is 0 Å². The maximum atomic E-state index is 13.5. The molecule has 1 aliphatic rings. The zero-order valence-corrected chi connectivity index (χ0v) is 11.0. The summed E-state index contributed by atoms with van der Waals surface area (Å²) in [6, 6.07) is 4.29. The molecule has 0 spiro atoms. The Morgan fingerprint density at radius 3 is 2.94 bits per heavy atom. The first-order chi connectivity index (χ1) is 8.60. The van der Waals surface area contributed by atoms with Crippen molar-refractivity contribution < 1.29 is 13.9 Å². The van der Waals surface area contributed by atoms with E-state index in [0.717, 1.165) is 12.8 Å². The highest BCUT2D eigenvalue weighted by Crippen LogP contribution is 2.24. The lowest BCUT2D eigenvalue weighted by atomic mass is 9.89. The minimum absolute atomic E-state index is 0.0439. The number of halogens is 1. The first-order valence-corrected chi connectivity index (χ1v) is 6.46. The summed E-state index contributed by atoms with van der Waals surface area (Å²) in [5.41, 5.74) is 0.0439. The number of thiol groups is 1. The minimum atomic E-state index is -0.522. The van der Waals surface area contributed by atoms with Crippen molar-refractivity contribution in [3.05, 3.63) is 29.6 Å². The number of hydrogen-bond acceptors (Lipinski definition) is 3. The zero-order valence-electron chi connectivity index (χ0n) is 10.1. The third-order valence-corrected chi connectivity index (χ3v) is 3.31. The lowest BCUT2D eigenvalue weighted by molar-refractivity contribution is -0.00865. The quantitative estimate of drug-likeness (QED) is 0.824. The second-order valence-electron chi connectivity index (χ2n) is 4.38. The van der Waals surface area contributed by atoms with Gasteiger partial charge in [-0.1, -0.05) is 0 Å². The Kier molecular flexibility index (Phi) is 4.24. The Hall–Kier alpha value is -1.07. The molecule has 0 aromatic heterocycles. The van der Waals surface area contributed by atoms with Crippen LogP contribution in [0.1, 0.15) is 30.1 Å². The Labute approximate surface area is 111 Å². The molecule has 0 atom stereocenters. The van der Waals surface area contributed by atoms with E-state index in [1.165, 1.54) is 18.2 Å². The Bertz CT molecular complexity index is 447. The second kappa shape index (κ2) is 5.71. The van der Waals surface area contributed by atoms with E-state index in [2.05, 4.69) is 17.9 Å². The number of rotatable bonds is 4. The molecule has 1 aromatic carbocycles. The molecule has 5 heteroatoms. The summed E-state index contributed by atoms with van der Waals surface area (Å²) in [4.78, 5) is 12.4. The first kappa shape index (κ1) is 13.4. The Morgan fingerprint density at radius 2 is 2.28 bits per heavy atom. The van der Waals surface area contributed by atoms with Crippen molar-refractivity contribution in [1.29, 1.82) is 0 Å². The van der Waals surface area contributed by atoms with Gasteiger partial charge in [-0.15, -0.1) is 12.6 Å². The largest absolute Gasteiger partial charge is 0.378 e. The molecular formula is C13H16FNO2S. The number of ether oxygens (including phenoxy) is 1. The maximum Gasteiger partial charge on any atom is 0.254 e. The summed E-state index contributed by atoms with van der Waals surface area (Å²) in [7, 11) is 0. The van der Waals surface area contributed by atoms with Crippen LogP contribution < -0.4 is 5.32 Å². The van der Waals surface area contributed by atoms with E-state index in [4.69, 9.17) is 4.74 Å². The van der Waals surface area contributed by atoms with E-state index in [1.54, 1.807) is 0 Å². The van der Waals surface area contributed by atoms with Crippen LogP contribution in [0.5, 0.6) is 0 Å².